The zero-order valence-corrected chi connectivity index (χ0v) is 12.1. The quantitative estimate of drug-likeness (QED) is 0.622. The highest BCUT2D eigenvalue weighted by molar-refractivity contribution is 9.10. The van der Waals surface area contributed by atoms with Crippen molar-refractivity contribution >= 4 is 27.8 Å². The molecule has 0 radical (unpaired) electrons. The number of carbonyl (C=O) groups excluding carboxylic acids is 2. The zero-order chi connectivity index (χ0) is 12.9. The lowest BCUT2D eigenvalue weighted by Gasteiger charge is -2.24. The van der Waals surface area contributed by atoms with Crippen LogP contribution in [0.4, 0.5) is 0 Å². The van der Waals surface area contributed by atoms with Gasteiger partial charge in [-0.2, -0.15) is 0 Å². The molecule has 1 N–H and O–H groups in total. The van der Waals surface area contributed by atoms with Crippen LogP contribution in [0.15, 0.2) is 0 Å². The van der Waals surface area contributed by atoms with Crippen LogP contribution >= 0.6 is 15.9 Å². The average Bonchev–Trinajstić information content (AvgIpc) is 2.11. The lowest BCUT2D eigenvalue weighted by Crippen LogP contribution is -2.50. The topological polar surface area (TPSA) is 55.4 Å². The maximum atomic E-state index is 11.7. The summed E-state index contributed by atoms with van der Waals surface area (Å²) in [5.74, 6) is -0.611. The normalized spacial score (nSPS) is 13.4. The van der Waals surface area contributed by atoms with E-state index in [1.54, 1.807) is 20.8 Å². The Balaban J connectivity index is 4.59. The van der Waals surface area contributed by atoms with Crippen LogP contribution in [-0.2, 0) is 14.3 Å². The molecule has 0 aliphatic heterocycles. The van der Waals surface area contributed by atoms with Crippen LogP contribution in [-0.4, -0.2) is 28.8 Å². The minimum Gasteiger partial charge on any atom is -0.464 e. The Kier molecular flexibility index (Phi) is 6.00. The number of ether oxygens (including phenoxy) is 1. The van der Waals surface area contributed by atoms with Gasteiger partial charge in [0.25, 0.3) is 0 Å². The number of esters is 1. The van der Waals surface area contributed by atoms with E-state index < -0.39 is 10.4 Å². The molecule has 0 heterocycles. The van der Waals surface area contributed by atoms with Gasteiger partial charge in [0.15, 0.2) is 0 Å². The highest BCUT2D eigenvalue weighted by atomic mass is 79.9. The fourth-order valence-corrected chi connectivity index (χ4v) is 1.16. The fourth-order valence-electron chi connectivity index (χ4n) is 1.04. The van der Waals surface area contributed by atoms with Crippen molar-refractivity contribution in [3.8, 4) is 0 Å². The first-order chi connectivity index (χ1) is 7.20. The Labute approximate surface area is 105 Å². The first-order valence-electron chi connectivity index (χ1n) is 5.36. The van der Waals surface area contributed by atoms with E-state index in [2.05, 4.69) is 21.2 Å². The van der Waals surface area contributed by atoms with Gasteiger partial charge in [0.2, 0.25) is 5.91 Å². The molecule has 0 aromatic heterocycles. The molecule has 0 aliphatic rings. The van der Waals surface area contributed by atoms with Crippen molar-refractivity contribution in [2.75, 3.05) is 6.61 Å². The second-order valence-corrected chi connectivity index (χ2v) is 6.40. The van der Waals surface area contributed by atoms with Gasteiger partial charge in [-0.25, -0.2) is 4.79 Å². The first-order valence-corrected chi connectivity index (χ1v) is 6.16. The molecular formula is C11H20BrNO3. The Morgan fingerprint density at radius 3 is 2.19 bits per heavy atom. The van der Waals surface area contributed by atoms with E-state index in [1.807, 2.05) is 13.8 Å². The van der Waals surface area contributed by atoms with Crippen molar-refractivity contribution in [1.29, 1.82) is 0 Å². The highest BCUT2D eigenvalue weighted by Gasteiger charge is 2.31. The van der Waals surface area contributed by atoms with E-state index in [-0.39, 0.29) is 17.8 Å². The largest absolute Gasteiger partial charge is 0.464 e. The summed E-state index contributed by atoms with van der Waals surface area (Å²) >= 11 is 3.25. The minimum atomic E-state index is -0.688. The van der Waals surface area contributed by atoms with Crippen molar-refractivity contribution < 1.29 is 14.3 Å². The SMILES string of the molecule is CCOC(=O)C(NC(=O)C(C)(C)Br)C(C)C. The number of amides is 1. The summed E-state index contributed by atoms with van der Waals surface area (Å²) in [7, 11) is 0. The molecule has 4 nitrogen and oxygen atoms in total. The summed E-state index contributed by atoms with van der Waals surface area (Å²) < 4.78 is 4.22. The number of nitrogens with one attached hydrogen (secondary N) is 1. The Hall–Kier alpha value is -0.580. The number of halogens is 1. The number of hydrogen-bond donors (Lipinski definition) is 1. The van der Waals surface area contributed by atoms with Crippen LogP contribution in [0.3, 0.4) is 0 Å². The van der Waals surface area contributed by atoms with Gasteiger partial charge in [-0.1, -0.05) is 29.8 Å². The number of rotatable bonds is 5. The van der Waals surface area contributed by atoms with Crippen LogP contribution in [0.25, 0.3) is 0 Å². The van der Waals surface area contributed by atoms with Gasteiger partial charge in [-0.3, -0.25) is 4.79 Å². The third-order valence-corrected chi connectivity index (χ3v) is 2.39. The number of carbonyl (C=O) groups is 2. The standard InChI is InChI=1S/C11H20BrNO3/c1-6-16-9(14)8(7(2)3)13-10(15)11(4,5)12/h7-8H,6H2,1-5H3,(H,13,15). The van der Waals surface area contributed by atoms with Crippen LogP contribution in [0.2, 0.25) is 0 Å². The third kappa shape index (κ3) is 4.96. The van der Waals surface area contributed by atoms with Crippen molar-refractivity contribution in [2.24, 2.45) is 5.92 Å². The van der Waals surface area contributed by atoms with E-state index in [0.29, 0.717) is 6.61 Å². The molecule has 0 saturated heterocycles. The molecule has 0 aromatic carbocycles. The summed E-state index contributed by atoms with van der Waals surface area (Å²) in [4.78, 5) is 23.3. The molecule has 1 atom stereocenters. The Morgan fingerprint density at radius 1 is 1.38 bits per heavy atom. The van der Waals surface area contributed by atoms with Crippen molar-refractivity contribution in [3.63, 3.8) is 0 Å². The van der Waals surface area contributed by atoms with E-state index in [9.17, 15) is 9.59 Å². The Bertz CT molecular complexity index is 258. The minimum absolute atomic E-state index is 0.00199. The molecule has 0 spiro atoms. The molecule has 1 amide bonds. The van der Waals surface area contributed by atoms with Crippen molar-refractivity contribution in [2.45, 2.75) is 45.0 Å². The lowest BCUT2D eigenvalue weighted by atomic mass is 10.0. The summed E-state index contributed by atoms with van der Waals surface area (Å²) in [6.07, 6.45) is 0. The summed E-state index contributed by atoms with van der Waals surface area (Å²) in [5.41, 5.74) is 0. The van der Waals surface area contributed by atoms with Crippen LogP contribution in [0.5, 0.6) is 0 Å². The molecule has 0 fully saturated rings. The molecule has 0 rings (SSSR count). The maximum Gasteiger partial charge on any atom is 0.328 e. The summed E-state index contributed by atoms with van der Waals surface area (Å²) in [6.45, 7) is 9.24. The summed E-state index contributed by atoms with van der Waals surface area (Å²) in [5, 5.41) is 2.68. The van der Waals surface area contributed by atoms with Crippen LogP contribution in [0, 0.1) is 5.92 Å². The molecule has 94 valence electrons. The molecule has 0 bridgehead atoms. The predicted octanol–water partition coefficient (Wildman–Crippen LogP) is 1.86. The van der Waals surface area contributed by atoms with Gasteiger partial charge in [0.1, 0.15) is 6.04 Å². The predicted molar refractivity (Wildman–Crippen MR) is 66.4 cm³/mol. The fraction of sp³-hybridized carbons (Fsp3) is 0.818. The first kappa shape index (κ1) is 15.4. The maximum absolute atomic E-state index is 11.7. The third-order valence-electron chi connectivity index (χ3n) is 2.03. The monoisotopic (exact) mass is 293 g/mol. The lowest BCUT2D eigenvalue weighted by molar-refractivity contribution is -0.148. The van der Waals surface area contributed by atoms with Gasteiger partial charge in [-0.15, -0.1) is 0 Å². The van der Waals surface area contributed by atoms with Gasteiger partial charge in [0, 0.05) is 0 Å². The molecule has 5 heteroatoms. The molecule has 0 aromatic rings. The van der Waals surface area contributed by atoms with E-state index in [4.69, 9.17) is 4.74 Å². The molecule has 0 aliphatic carbocycles. The Morgan fingerprint density at radius 2 is 1.88 bits per heavy atom. The van der Waals surface area contributed by atoms with Gasteiger partial charge in [0.05, 0.1) is 10.9 Å². The second-order valence-electron chi connectivity index (χ2n) is 4.42. The average molecular weight is 294 g/mol. The van der Waals surface area contributed by atoms with E-state index in [0.717, 1.165) is 0 Å². The smallest absolute Gasteiger partial charge is 0.328 e. The van der Waals surface area contributed by atoms with Crippen LogP contribution < -0.4 is 5.32 Å². The second kappa shape index (κ2) is 6.23. The van der Waals surface area contributed by atoms with Crippen molar-refractivity contribution in [3.05, 3.63) is 0 Å². The summed E-state index contributed by atoms with van der Waals surface area (Å²) in [6, 6.07) is -0.593. The highest BCUT2D eigenvalue weighted by Crippen LogP contribution is 2.16. The molecular weight excluding hydrogens is 274 g/mol. The molecule has 16 heavy (non-hydrogen) atoms. The number of alkyl halides is 1. The van der Waals surface area contributed by atoms with Gasteiger partial charge < -0.3 is 10.1 Å². The molecule has 0 saturated carbocycles. The van der Waals surface area contributed by atoms with E-state index >= 15 is 0 Å². The zero-order valence-electron chi connectivity index (χ0n) is 10.5. The molecule has 1 unspecified atom stereocenters. The number of hydrogen-bond acceptors (Lipinski definition) is 3. The van der Waals surface area contributed by atoms with Crippen molar-refractivity contribution in [1.82, 2.24) is 5.32 Å². The van der Waals surface area contributed by atoms with E-state index in [1.165, 1.54) is 0 Å². The van der Waals surface area contributed by atoms with Crippen LogP contribution in [0.1, 0.15) is 34.6 Å². The van der Waals surface area contributed by atoms with Gasteiger partial charge >= 0.3 is 5.97 Å². The van der Waals surface area contributed by atoms with Gasteiger partial charge in [-0.05, 0) is 26.7 Å².